The minimum atomic E-state index is -0.124. The fourth-order valence-corrected chi connectivity index (χ4v) is 4.07. The molecule has 1 aliphatic rings. The van der Waals surface area contributed by atoms with E-state index < -0.39 is 0 Å². The molecule has 1 aliphatic heterocycles. The number of anilines is 1. The Morgan fingerprint density at radius 3 is 2.72 bits per heavy atom. The zero-order valence-corrected chi connectivity index (χ0v) is 17.3. The summed E-state index contributed by atoms with van der Waals surface area (Å²) in [5.74, 6) is 0.456. The second-order valence-electron chi connectivity index (χ2n) is 7.59. The molecule has 2 aromatic heterocycles. The van der Waals surface area contributed by atoms with Crippen molar-refractivity contribution in [2.75, 3.05) is 32.0 Å². The van der Waals surface area contributed by atoms with Crippen molar-refractivity contribution in [2.24, 2.45) is 5.92 Å². The van der Waals surface area contributed by atoms with Crippen LogP contribution in [0.25, 0.3) is 11.0 Å². The molecular formula is C22H26ClN5O. The van der Waals surface area contributed by atoms with Gasteiger partial charge in [0.25, 0.3) is 5.91 Å². The molecule has 4 rings (SSSR count). The van der Waals surface area contributed by atoms with Gasteiger partial charge in [-0.3, -0.25) is 9.69 Å². The third-order valence-electron chi connectivity index (χ3n) is 5.65. The lowest BCUT2D eigenvalue weighted by molar-refractivity contribution is 0.0963. The summed E-state index contributed by atoms with van der Waals surface area (Å²) < 4.78 is 0. The quantitative estimate of drug-likeness (QED) is 0.575. The summed E-state index contributed by atoms with van der Waals surface area (Å²) in [5, 5.41) is 7.98. The summed E-state index contributed by atoms with van der Waals surface area (Å²) in [7, 11) is 1.64. The third kappa shape index (κ3) is 4.54. The summed E-state index contributed by atoms with van der Waals surface area (Å²) in [5.41, 5.74) is 3.53. The van der Waals surface area contributed by atoms with Crippen molar-refractivity contribution in [3.8, 4) is 0 Å². The van der Waals surface area contributed by atoms with Crippen LogP contribution in [0, 0.1) is 5.92 Å². The highest BCUT2D eigenvalue weighted by Gasteiger charge is 2.21. The van der Waals surface area contributed by atoms with Gasteiger partial charge in [-0.15, -0.1) is 0 Å². The van der Waals surface area contributed by atoms with E-state index in [0.717, 1.165) is 60.8 Å². The smallest absolute Gasteiger partial charge is 0.254 e. The van der Waals surface area contributed by atoms with Crippen LogP contribution in [0.3, 0.4) is 0 Å². The molecule has 0 bridgehead atoms. The SMILES string of the molecule is CNC(=O)c1cnc2[nH]ccc2c1NCC1CCN(Cc2ccc(Cl)cc2)CC1. The normalized spacial score (nSPS) is 15.5. The van der Waals surface area contributed by atoms with Gasteiger partial charge in [0.2, 0.25) is 0 Å². The van der Waals surface area contributed by atoms with Crippen molar-refractivity contribution < 1.29 is 4.79 Å². The molecule has 0 unspecified atom stereocenters. The van der Waals surface area contributed by atoms with Crippen LogP contribution in [-0.2, 0) is 6.54 Å². The molecule has 0 saturated carbocycles. The van der Waals surface area contributed by atoms with Crippen LogP contribution >= 0.6 is 11.6 Å². The molecular weight excluding hydrogens is 386 g/mol. The predicted octanol–water partition coefficient (Wildman–Crippen LogP) is 3.90. The minimum absolute atomic E-state index is 0.124. The molecule has 1 aromatic carbocycles. The van der Waals surface area contributed by atoms with E-state index in [1.807, 2.05) is 24.4 Å². The molecule has 3 aromatic rings. The summed E-state index contributed by atoms with van der Waals surface area (Å²) in [6.07, 6.45) is 5.76. The second-order valence-corrected chi connectivity index (χ2v) is 8.03. The highest BCUT2D eigenvalue weighted by atomic mass is 35.5. The number of piperidine rings is 1. The lowest BCUT2D eigenvalue weighted by Crippen LogP contribution is -2.35. The van der Waals surface area contributed by atoms with E-state index >= 15 is 0 Å². The molecule has 0 atom stereocenters. The van der Waals surface area contributed by atoms with Crippen LogP contribution in [-0.4, -0.2) is 47.5 Å². The molecule has 6 nitrogen and oxygen atoms in total. The van der Waals surface area contributed by atoms with Crippen molar-refractivity contribution in [1.82, 2.24) is 20.2 Å². The third-order valence-corrected chi connectivity index (χ3v) is 5.90. The van der Waals surface area contributed by atoms with E-state index in [-0.39, 0.29) is 5.91 Å². The number of fused-ring (bicyclic) bond motifs is 1. The topological polar surface area (TPSA) is 73.0 Å². The van der Waals surface area contributed by atoms with E-state index in [1.165, 1.54) is 5.56 Å². The largest absolute Gasteiger partial charge is 0.383 e. The molecule has 0 aliphatic carbocycles. The van der Waals surface area contributed by atoms with Crippen LogP contribution < -0.4 is 10.6 Å². The first-order valence-electron chi connectivity index (χ1n) is 10.0. The number of benzene rings is 1. The maximum atomic E-state index is 12.3. The molecule has 7 heteroatoms. The minimum Gasteiger partial charge on any atom is -0.383 e. The monoisotopic (exact) mass is 411 g/mol. The molecule has 152 valence electrons. The van der Waals surface area contributed by atoms with E-state index in [9.17, 15) is 4.79 Å². The summed E-state index contributed by atoms with van der Waals surface area (Å²) >= 11 is 5.98. The molecule has 1 saturated heterocycles. The van der Waals surface area contributed by atoms with Gasteiger partial charge in [-0.1, -0.05) is 23.7 Å². The van der Waals surface area contributed by atoms with Gasteiger partial charge in [-0.05, 0) is 55.6 Å². The van der Waals surface area contributed by atoms with Crippen LogP contribution in [0.1, 0.15) is 28.8 Å². The Bertz CT molecular complexity index is 977. The number of nitrogens with zero attached hydrogens (tertiary/aromatic N) is 2. The Hall–Kier alpha value is -2.57. The van der Waals surface area contributed by atoms with Crippen LogP contribution in [0.15, 0.2) is 42.7 Å². The fraction of sp³-hybridized carbons (Fsp3) is 0.364. The molecule has 0 radical (unpaired) electrons. The number of rotatable bonds is 6. The first-order valence-corrected chi connectivity index (χ1v) is 10.4. The van der Waals surface area contributed by atoms with E-state index in [2.05, 4.69) is 37.6 Å². The Morgan fingerprint density at radius 1 is 1.24 bits per heavy atom. The molecule has 1 fully saturated rings. The lowest BCUT2D eigenvalue weighted by Gasteiger charge is -2.32. The number of carbonyl (C=O) groups is 1. The number of halogens is 1. The van der Waals surface area contributed by atoms with Crippen LogP contribution in [0.2, 0.25) is 5.02 Å². The highest BCUT2D eigenvalue weighted by molar-refractivity contribution is 6.30. The molecule has 3 heterocycles. The van der Waals surface area contributed by atoms with Gasteiger partial charge in [0.05, 0.1) is 11.3 Å². The number of H-pyrrole nitrogens is 1. The second kappa shape index (κ2) is 8.84. The number of carbonyl (C=O) groups excluding carboxylic acids is 1. The van der Waals surface area contributed by atoms with Crippen LogP contribution in [0.4, 0.5) is 5.69 Å². The van der Waals surface area contributed by atoms with Gasteiger partial charge < -0.3 is 15.6 Å². The number of pyridine rings is 1. The summed E-state index contributed by atoms with van der Waals surface area (Å²) in [6, 6.07) is 10.1. The standard InChI is InChI=1S/C22H26ClN5O/c1-24-22(29)19-13-27-21-18(6-9-25-21)20(19)26-12-15-7-10-28(11-8-15)14-16-2-4-17(23)5-3-16/h2-6,9,13,15H,7-8,10-12,14H2,1H3,(H,24,29)(H2,25,26,27). The molecule has 3 N–H and O–H groups in total. The Balaban J connectivity index is 1.36. The number of hydrogen-bond acceptors (Lipinski definition) is 4. The Labute approximate surface area is 175 Å². The van der Waals surface area contributed by atoms with Crippen molar-refractivity contribution in [2.45, 2.75) is 19.4 Å². The Morgan fingerprint density at radius 2 is 2.00 bits per heavy atom. The average molecular weight is 412 g/mol. The molecule has 1 amide bonds. The van der Waals surface area contributed by atoms with Crippen LogP contribution in [0.5, 0.6) is 0 Å². The van der Waals surface area contributed by atoms with Crippen molar-refractivity contribution in [3.05, 3.63) is 58.9 Å². The lowest BCUT2D eigenvalue weighted by atomic mass is 9.96. The number of likely N-dealkylation sites (tertiary alicyclic amines) is 1. The zero-order valence-electron chi connectivity index (χ0n) is 16.5. The van der Waals surface area contributed by atoms with Crippen molar-refractivity contribution in [1.29, 1.82) is 0 Å². The molecule has 0 spiro atoms. The number of hydrogen-bond donors (Lipinski definition) is 3. The van der Waals surface area contributed by atoms with E-state index in [4.69, 9.17) is 11.6 Å². The van der Waals surface area contributed by atoms with E-state index in [0.29, 0.717) is 11.5 Å². The van der Waals surface area contributed by atoms with Gasteiger partial charge in [-0.2, -0.15) is 0 Å². The summed E-state index contributed by atoms with van der Waals surface area (Å²) in [4.78, 5) is 22.2. The molecule has 29 heavy (non-hydrogen) atoms. The zero-order chi connectivity index (χ0) is 20.2. The van der Waals surface area contributed by atoms with Gasteiger partial charge in [0.15, 0.2) is 0 Å². The highest BCUT2D eigenvalue weighted by Crippen LogP contribution is 2.27. The van der Waals surface area contributed by atoms with Gasteiger partial charge in [0, 0.05) is 42.9 Å². The Kier molecular flexibility index (Phi) is 6.02. The fourth-order valence-electron chi connectivity index (χ4n) is 3.95. The maximum Gasteiger partial charge on any atom is 0.254 e. The predicted molar refractivity (Wildman–Crippen MR) is 117 cm³/mol. The van der Waals surface area contributed by atoms with Crippen molar-refractivity contribution >= 4 is 34.2 Å². The van der Waals surface area contributed by atoms with Gasteiger partial charge >= 0.3 is 0 Å². The number of amides is 1. The maximum absolute atomic E-state index is 12.3. The first kappa shape index (κ1) is 19.7. The summed E-state index contributed by atoms with van der Waals surface area (Å²) in [6.45, 7) is 3.97. The van der Waals surface area contributed by atoms with Crippen molar-refractivity contribution in [3.63, 3.8) is 0 Å². The number of aromatic amines is 1. The number of aromatic nitrogens is 2. The van der Waals surface area contributed by atoms with Gasteiger partial charge in [0.1, 0.15) is 5.65 Å². The average Bonchev–Trinajstić information content (AvgIpc) is 3.23. The first-order chi connectivity index (χ1) is 14.1. The van der Waals surface area contributed by atoms with Gasteiger partial charge in [-0.25, -0.2) is 4.98 Å². The van der Waals surface area contributed by atoms with E-state index in [1.54, 1.807) is 13.2 Å². The number of nitrogens with one attached hydrogen (secondary N) is 3.